The van der Waals surface area contributed by atoms with Crippen LogP contribution in [0.1, 0.15) is 0 Å². The average Bonchev–Trinajstić information content (AvgIpc) is 3.03. The van der Waals surface area contributed by atoms with Crippen molar-refractivity contribution in [2.45, 2.75) is 0 Å². The van der Waals surface area contributed by atoms with Crippen LogP contribution in [0.25, 0.3) is 22.3 Å². The predicted molar refractivity (Wildman–Crippen MR) is 72.3 cm³/mol. The van der Waals surface area contributed by atoms with Crippen LogP contribution in [-0.2, 0) is 7.05 Å². The Hall–Kier alpha value is -2.49. The molecule has 0 spiro atoms. The van der Waals surface area contributed by atoms with Crippen LogP contribution in [0.15, 0.2) is 42.6 Å². The summed E-state index contributed by atoms with van der Waals surface area (Å²) in [6.45, 7) is 0.288. The van der Waals surface area contributed by atoms with Gasteiger partial charge in [-0.1, -0.05) is 6.07 Å². The average molecular weight is 252 g/mol. The van der Waals surface area contributed by atoms with Gasteiger partial charge in [0.25, 0.3) is 0 Å². The third-order valence-corrected chi connectivity index (χ3v) is 3.39. The molecule has 0 aliphatic carbocycles. The number of pyridine rings is 1. The topological polar surface area (TPSA) is 36.3 Å². The van der Waals surface area contributed by atoms with E-state index in [1.165, 1.54) is 0 Å². The van der Waals surface area contributed by atoms with E-state index in [1.54, 1.807) is 0 Å². The molecular weight excluding hydrogens is 240 g/mol. The van der Waals surface area contributed by atoms with Crippen molar-refractivity contribution < 1.29 is 9.47 Å². The summed E-state index contributed by atoms with van der Waals surface area (Å²) in [6, 6.07) is 12.1. The number of nitrogens with zero attached hydrogens (tertiary/aromatic N) is 2. The molecule has 19 heavy (non-hydrogen) atoms. The third kappa shape index (κ3) is 1.57. The molecule has 3 heterocycles. The molecule has 4 rings (SSSR count). The first-order chi connectivity index (χ1) is 9.31. The summed E-state index contributed by atoms with van der Waals surface area (Å²) in [6.07, 6.45) is 2.01. The van der Waals surface area contributed by atoms with Gasteiger partial charge in [-0.2, -0.15) is 0 Å². The van der Waals surface area contributed by atoms with Crippen molar-refractivity contribution in [1.82, 2.24) is 9.55 Å². The molecule has 3 aromatic rings. The summed E-state index contributed by atoms with van der Waals surface area (Å²) >= 11 is 0. The van der Waals surface area contributed by atoms with Crippen molar-refractivity contribution in [1.29, 1.82) is 0 Å². The Balaban J connectivity index is 1.92. The minimum atomic E-state index is 0.288. The Morgan fingerprint density at radius 1 is 1.11 bits per heavy atom. The number of aryl methyl sites for hydroxylation is 1. The Labute approximate surface area is 110 Å². The normalized spacial score (nSPS) is 13.1. The Bertz CT molecular complexity index is 777. The zero-order valence-corrected chi connectivity index (χ0v) is 10.5. The van der Waals surface area contributed by atoms with E-state index in [-0.39, 0.29) is 6.79 Å². The first-order valence-electron chi connectivity index (χ1n) is 6.13. The van der Waals surface area contributed by atoms with Gasteiger partial charge >= 0.3 is 0 Å². The molecule has 0 radical (unpaired) electrons. The monoisotopic (exact) mass is 252 g/mol. The van der Waals surface area contributed by atoms with Crippen molar-refractivity contribution in [2.24, 2.45) is 7.05 Å². The Morgan fingerprint density at radius 3 is 2.74 bits per heavy atom. The number of ether oxygens (including phenoxy) is 2. The fourth-order valence-electron chi connectivity index (χ4n) is 2.38. The van der Waals surface area contributed by atoms with Gasteiger partial charge in [0.15, 0.2) is 11.5 Å². The molecule has 4 nitrogen and oxygen atoms in total. The van der Waals surface area contributed by atoms with Crippen LogP contribution in [0, 0.1) is 0 Å². The summed E-state index contributed by atoms with van der Waals surface area (Å²) in [5.74, 6) is 1.56. The van der Waals surface area contributed by atoms with Crippen LogP contribution >= 0.6 is 0 Å². The molecule has 0 fully saturated rings. The number of benzene rings is 1. The second-order valence-electron chi connectivity index (χ2n) is 4.60. The molecule has 1 aromatic carbocycles. The number of aromatic nitrogens is 2. The first-order valence-corrected chi connectivity index (χ1v) is 6.13. The Kier molecular flexibility index (Phi) is 2.06. The molecular formula is C15H12N2O2. The lowest BCUT2D eigenvalue weighted by Gasteiger charge is -2.05. The van der Waals surface area contributed by atoms with Gasteiger partial charge in [0, 0.05) is 24.7 Å². The van der Waals surface area contributed by atoms with Crippen LogP contribution < -0.4 is 9.47 Å². The lowest BCUT2D eigenvalue weighted by Crippen LogP contribution is -1.92. The molecule has 1 aliphatic heterocycles. The second kappa shape index (κ2) is 3.75. The highest BCUT2D eigenvalue weighted by molar-refractivity contribution is 5.85. The van der Waals surface area contributed by atoms with Gasteiger partial charge in [0.2, 0.25) is 6.79 Å². The quantitative estimate of drug-likeness (QED) is 0.668. The summed E-state index contributed by atoms with van der Waals surface area (Å²) in [5, 5.41) is 1.06. The van der Waals surface area contributed by atoms with Crippen molar-refractivity contribution in [2.75, 3.05) is 6.79 Å². The van der Waals surface area contributed by atoms with Crippen molar-refractivity contribution in [3.63, 3.8) is 0 Å². The summed E-state index contributed by atoms with van der Waals surface area (Å²) in [7, 11) is 2.01. The van der Waals surface area contributed by atoms with Crippen LogP contribution in [0.4, 0.5) is 0 Å². The first kappa shape index (κ1) is 10.4. The van der Waals surface area contributed by atoms with Gasteiger partial charge in [-0.05, 0) is 24.3 Å². The number of hydrogen-bond donors (Lipinski definition) is 0. The summed E-state index contributed by atoms with van der Waals surface area (Å²) < 4.78 is 12.8. The van der Waals surface area contributed by atoms with Gasteiger partial charge in [0.1, 0.15) is 0 Å². The molecule has 4 heteroatoms. The van der Waals surface area contributed by atoms with E-state index in [0.717, 1.165) is 33.8 Å². The largest absolute Gasteiger partial charge is 0.454 e. The standard InChI is InChI=1S/C15H12N2O2/c1-17-6-2-3-13(17)11-5-4-10-7-14-15(19-9-18-14)8-12(10)16-11/h2-8H,9H2,1H3. The van der Waals surface area contributed by atoms with E-state index < -0.39 is 0 Å². The van der Waals surface area contributed by atoms with Gasteiger partial charge in [-0.15, -0.1) is 0 Å². The van der Waals surface area contributed by atoms with E-state index >= 15 is 0 Å². The molecule has 0 N–H and O–H groups in total. The van der Waals surface area contributed by atoms with E-state index in [0.29, 0.717) is 0 Å². The minimum absolute atomic E-state index is 0.288. The molecule has 1 aliphatic rings. The minimum Gasteiger partial charge on any atom is -0.454 e. The number of hydrogen-bond acceptors (Lipinski definition) is 3. The Morgan fingerprint density at radius 2 is 1.95 bits per heavy atom. The lowest BCUT2D eigenvalue weighted by atomic mass is 10.1. The maximum atomic E-state index is 5.39. The fraction of sp³-hybridized carbons (Fsp3) is 0.133. The highest BCUT2D eigenvalue weighted by Gasteiger charge is 2.15. The molecule has 2 aromatic heterocycles. The van der Waals surface area contributed by atoms with Crippen molar-refractivity contribution in [3.8, 4) is 22.9 Å². The number of rotatable bonds is 1. The number of fused-ring (bicyclic) bond motifs is 2. The SMILES string of the molecule is Cn1cccc1-c1ccc2cc3c(cc2n1)OCO3. The summed E-state index contributed by atoms with van der Waals surface area (Å²) in [4.78, 5) is 4.70. The molecule has 0 atom stereocenters. The van der Waals surface area contributed by atoms with E-state index in [2.05, 4.69) is 16.7 Å². The van der Waals surface area contributed by atoms with E-state index in [1.807, 2.05) is 37.5 Å². The van der Waals surface area contributed by atoms with Crippen LogP contribution in [0.3, 0.4) is 0 Å². The van der Waals surface area contributed by atoms with Gasteiger partial charge in [0.05, 0.1) is 16.9 Å². The lowest BCUT2D eigenvalue weighted by molar-refractivity contribution is 0.174. The van der Waals surface area contributed by atoms with Crippen LogP contribution in [-0.4, -0.2) is 16.3 Å². The van der Waals surface area contributed by atoms with Gasteiger partial charge in [-0.25, -0.2) is 4.98 Å². The highest BCUT2D eigenvalue weighted by atomic mass is 16.7. The van der Waals surface area contributed by atoms with Crippen molar-refractivity contribution in [3.05, 3.63) is 42.6 Å². The zero-order chi connectivity index (χ0) is 12.8. The third-order valence-electron chi connectivity index (χ3n) is 3.39. The zero-order valence-electron chi connectivity index (χ0n) is 10.5. The van der Waals surface area contributed by atoms with Crippen LogP contribution in [0.2, 0.25) is 0 Å². The molecule has 0 bridgehead atoms. The predicted octanol–water partition coefficient (Wildman–Crippen LogP) is 2.97. The molecule has 0 unspecified atom stereocenters. The summed E-state index contributed by atoms with van der Waals surface area (Å²) in [5.41, 5.74) is 2.97. The molecule has 0 amide bonds. The highest BCUT2D eigenvalue weighted by Crippen LogP contribution is 2.36. The van der Waals surface area contributed by atoms with Gasteiger partial charge < -0.3 is 14.0 Å². The maximum absolute atomic E-state index is 5.39. The van der Waals surface area contributed by atoms with Crippen LogP contribution in [0.5, 0.6) is 11.5 Å². The fourth-order valence-corrected chi connectivity index (χ4v) is 2.38. The molecule has 0 saturated heterocycles. The smallest absolute Gasteiger partial charge is 0.231 e. The van der Waals surface area contributed by atoms with Gasteiger partial charge in [-0.3, -0.25) is 0 Å². The van der Waals surface area contributed by atoms with E-state index in [9.17, 15) is 0 Å². The molecule has 0 saturated carbocycles. The van der Waals surface area contributed by atoms with E-state index in [4.69, 9.17) is 14.5 Å². The second-order valence-corrected chi connectivity index (χ2v) is 4.60. The van der Waals surface area contributed by atoms with Crippen molar-refractivity contribution >= 4 is 10.9 Å². The maximum Gasteiger partial charge on any atom is 0.231 e. The molecule has 94 valence electrons.